The fourth-order valence-corrected chi connectivity index (χ4v) is 4.69. The Kier molecular flexibility index (Phi) is 5.50. The third-order valence-electron chi connectivity index (χ3n) is 5.23. The van der Waals surface area contributed by atoms with Gasteiger partial charge in [-0.25, -0.2) is 4.98 Å². The fourth-order valence-electron chi connectivity index (χ4n) is 3.73. The number of ether oxygens (including phenoxy) is 1. The van der Waals surface area contributed by atoms with E-state index in [9.17, 15) is 0 Å². The molecule has 0 aliphatic carbocycles. The minimum absolute atomic E-state index is 0.199. The number of imidazole rings is 1. The van der Waals surface area contributed by atoms with E-state index < -0.39 is 0 Å². The van der Waals surface area contributed by atoms with E-state index in [0.29, 0.717) is 5.02 Å². The van der Waals surface area contributed by atoms with E-state index >= 15 is 0 Å². The molecular formula is C22H22ClN5OS. The average Bonchev–Trinajstić information content (AvgIpc) is 3.47. The standard InChI is InChI=1S/C22H22ClN5OS/c1-15-4-9-20-24-18(12-27(20)11-15)14-30-22-26-25-21(16-5-7-17(23)8-6-16)28(22)13-19-3-2-10-29-19/h4-9,11-12,19H,2-3,10,13-14H2,1H3/t19-/m0/s1. The van der Waals surface area contributed by atoms with E-state index in [0.717, 1.165) is 59.6 Å². The summed E-state index contributed by atoms with van der Waals surface area (Å²) in [6, 6.07) is 11.9. The lowest BCUT2D eigenvalue weighted by Crippen LogP contribution is -2.16. The third-order valence-corrected chi connectivity index (χ3v) is 6.48. The zero-order valence-corrected chi connectivity index (χ0v) is 18.2. The second-order valence-electron chi connectivity index (χ2n) is 7.55. The van der Waals surface area contributed by atoms with Gasteiger partial charge < -0.3 is 9.14 Å². The Morgan fingerprint density at radius 1 is 1.13 bits per heavy atom. The third kappa shape index (κ3) is 4.10. The number of rotatable bonds is 6. The van der Waals surface area contributed by atoms with Crippen molar-refractivity contribution in [3.8, 4) is 11.4 Å². The molecule has 5 rings (SSSR count). The predicted octanol–water partition coefficient (Wildman–Crippen LogP) is 5.03. The van der Waals surface area contributed by atoms with Gasteiger partial charge in [0.25, 0.3) is 0 Å². The summed E-state index contributed by atoms with van der Waals surface area (Å²) in [4.78, 5) is 4.72. The van der Waals surface area contributed by atoms with Gasteiger partial charge in [-0.1, -0.05) is 29.4 Å². The van der Waals surface area contributed by atoms with Crippen LogP contribution in [0.3, 0.4) is 0 Å². The molecule has 0 N–H and O–H groups in total. The lowest BCUT2D eigenvalue weighted by atomic mass is 10.2. The first-order valence-electron chi connectivity index (χ1n) is 10.0. The van der Waals surface area contributed by atoms with Gasteiger partial charge in [0.2, 0.25) is 0 Å². The number of nitrogens with zero attached hydrogens (tertiary/aromatic N) is 5. The van der Waals surface area contributed by atoms with E-state index in [2.05, 4.69) is 44.5 Å². The molecule has 30 heavy (non-hydrogen) atoms. The zero-order chi connectivity index (χ0) is 20.5. The van der Waals surface area contributed by atoms with Crippen molar-refractivity contribution in [2.24, 2.45) is 0 Å². The second-order valence-corrected chi connectivity index (χ2v) is 8.93. The maximum Gasteiger partial charge on any atom is 0.191 e. The summed E-state index contributed by atoms with van der Waals surface area (Å²) >= 11 is 7.72. The van der Waals surface area contributed by atoms with Gasteiger partial charge in [0.15, 0.2) is 11.0 Å². The summed E-state index contributed by atoms with van der Waals surface area (Å²) in [5.74, 6) is 1.57. The van der Waals surface area contributed by atoms with Crippen LogP contribution in [0.25, 0.3) is 17.0 Å². The predicted molar refractivity (Wildman–Crippen MR) is 119 cm³/mol. The van der Waals surface area contributed by atoms with E-state index in [4.69, 9.17) is 21.3 Å². The summed E-state index contributed by atoms with van der Waals surface area (Å²) in [6.07, 6.45) is 6.54. The summed E-state index contributed by atoms with van der Waals surface area (Å²) in [5, 5.41) is 10.6. The highest BCUT2D eigenvalue weighted by atomic mass is 35.5. The Bertz CT molecular complexity index is 1160. The van der Waals surface area contributed by atoms with Crippen LogP contribution in [-0.4, -0.2) is 36.9 Å². The number of thioether (sulfide) groups is 1. The highest BCUT2D eigenvalue weighted by Crippen LogP contribution is 2.29. The zero-order valence-electron chi connectivity index (χ0n) is 16.7. The lowest BCUT2D eigenvalue weighted by Gasteiger charge is -2.14. The van der Waals surface area contributed by atoms with Crippen LogP contribution in [0.15, 0.2) is 53.9 Å². The molecule has 1 aliphatic rings. The van der Waals surface area contributed by atoms with Crippen molar-refractivity contribution in [2.75, 3.05) is 6.61 Å². The summed E-state index contributed by atoms with van der Waals surface area (Å²) in [7, 11) is 0. The average molecular weight is 440 g/mol. The smallest absolute Gasteiger partial charge is 0.191 e. The molecule has 1 aliphatic heterocycles. The van der Waals surface area contributed by atoms with Crippen LogP contribution in [0.2, 0.25) is 5.02 Å². The Morgan fingerprint density at radius 2 is 2.00 bits per heavy atom. The summed E-state index contributed by atoms with van der Waals surface area (Å²) in [5.41, 5.74) is 4.19. The van der Waals surface area contributed by atoms with E-state index in [1.165, 1.54) is 5.56 Å². The van der Waals surface area contributed by atoms with Crippen molar-refractivity contribution in [3.63, 3.8) is 0 Å². The molecule has 3 aromatic heterocycles. The Labute approximate surface area is 184 Å². The van der Waals surface area contributed by atoms with E-state index in [-0.39, 0.29) is 6.10 Å². The second kappa shape index (κ2) is 8.41. The first kappa shape index (κ1) is 19.6. The fraction of sp³-hybridized carbons (Fsp3) is 0.318. The molecule has 1 fully saturated rings. The number of benzene rings is 1. The molecule has 6 nitrogen and oxygen atoms in total. The number of fused-ring (bicyclic) bond motifs is 1. The molecule has 1 saturated heterocycles. The Balaban J connectivity index is 1.41. The van der Waals surface area contributed by atoms with Crippen molar-refractivity contribution < 1.29 is 4.74 Å². The Hall–Kier alpha value is -2.35. The maximum atomic E-state index is 6.07. The molecule has 0 unspecified atom stereocenters. The van der Waals surface area contributed by atoms with E-state index in [1.54, 1.807) is 11.8 Å². The van der Waals surface area contributed by atoms with Gasteiger partial charge in [0.1, 0.15) is 5.65 Å². The molecule has 0 spiro atoms. The SMILES string of the molecule is Cc1ccc2nc(CSc3nnc(-c4ccc(Cl)cc4)n3C[C@@H]3CCCO3)cn2c1. The molecule has 4 heterocycles. The molecule has 0 radical (unpaired) electrons. The molecule has 0 saturated carbocycles. The van der Waals surface area contributed by atoms with Gasteiger partial charge >= 0.3 is 0 Å². The van der Waals surface area contributed by atoms with Crippen molar-refractivity contribution in [1.82, 2.24) is 24.1 Å². The van der Waals surface area contributed by atoms with Crippen molar-refractivity contribution in [3.05, 3.63) is 65.1 Å². The van der Waals surface area contributed by atoms with Crippen molar-refractivity contribution in [1.29, 1.82) is 0 Å². The minimum atomic E-state index is 0.199. The lowest BCUT2D eigenvalue weighted by molar-refractivity contribution is 0.0953. The van der Waals surface area contributed by atoms with Gasteiger partial charge in [0.05, 0.1) is 18.3 Å². The number of pyridine rings is 1. The van der Waals surface area contributed by atoms with Crippen LogP contribution in [0.5, 0.6) is 0 Å². The van der Waals surface area contributed by atoms with Crippen LogP contribution in [0, 0.1) is 6.92 Å². The molecule has 0 bridgehead atoms. The van der Waals surface area contributed by atoms with Gasteiger partial charge in [-0.3, -0.25) is 4.57 Å². The summed E-state index contributed by atoms with van der Waals surface area (Å²) < 4.78 is 10.1. The van der Waals surface area contributed by atoms with Crippen LogP contribution in [0.1, 0.15) is 24.1 Å². The number of aryl methyl sites for hydroxylation is 1. The molecule has 1 aromatic carbocycles. The van der Waals surface area contributed by atoms with Crippen molar-refractivity contribution >= 4 is 29.0 Å². The first-order valence-corrected chi connectivity index (χ1v) is 11.4. The highest BCUT2D eigenvalue weighted by molar-refractivity contribution is 7.98. The maximum absolute atomic E-state index is 6.07. The van der Waals surface area contributed by atoms with Crippen LogP contribution in [-0.2, 0) is 17.0 Å². The van der Waals surface area contributed by atoms with Crippen LogP contribution >= 0.6 is 23.4 Å². The van der Waals surface area contributed by atoms with Gasteiger partial charge in [-0.05, 0) is 55.7 Å². The molecule has 0 amide bonds. The molecule has 8 heteroatoms. The molecule has 1 atom stereocenters. The first-order chi connectivity index (χ1) is 14.7. The number of aromatic nitrogens is 5. The van der Waals surface area contributed by atoms with Gasteiger partial charge in [-0.15, -0.1) is 10.2 Å². The van der Waals surface area contributed by atoms with E-state index in [1.807, 2.05) is 30.3 Å². The van der Waals surface area contributed by atoms with Crippen molar-refractivity contribution in [2.45, 2.75) is 43.3 Å². The highest BCUT2D eigenvalue weighted by Gasteiger charge is 2.22. The van der Waals surface area contributed by atoms with Crippen LogP contribution < -0.4 is 0 Å². The van der Waals surface area contributed by atoms with Gasteiger partial charge in [-0.2, -0.15) is 0 Å². The normalized spacial score (nSPS) is 16.5. The Morgan fingerprint density at radius 3 is 2.80 bits per heavy atom. The van der Waals surface area contributed by atoms with Gasteiger partial charge in [0, 0.05) is 35.3 Å². The number of hydrogen-bond donors (Lipinski definition) is 0. The summed E-state index contributed by atoms with van der Waals surface area (Å²) in [6.45, 7) is 3.66. The largest absolute Gasteiger partial charge is 0.376 e. The number of hydrogen-bond acceptors (Lipinski definition) is 5. The quantitative estimate of drug-likeness (QED) is 0.394. The number of halogens is 1. The monoisotopic (exact) mass is 439 g/mol. The topological polar surface area (TPSA) is 57.2 Å². The molecule has 154 valence electrons. The molecule has 4 aromatic rings. The minimum Gasteiger partial charge on any atom is -0.376 e. The van der Waals surface area contributed by atoms with Crippen LogP contribution in [0.4, 0.5) is 0 Å². The molecular weight excluding hydrogens is 418 g/mol.